The van der Waals surface area contributed by atoms with Crippen molar-refractivity contribution in [1.29, 1.82) is 0 Å². The Balaban J connectivity index is 2.09. The van der Waals surface area contributed by atoms with E-state index < -0.39 is 0 Å². The third-order valence-corrected chi connectivity index (χ3v) is 3.26. The van der Waals surface area contributed by atoms with E-state index >= 15 is 0 Å². The maximum absolute atomic E-state index is 5.80. The van der Waals surface area contributed by atoms with E-state index in [1.807, 2.05) is 18.2 Å². The Morgan fingerprint density at radius 2 is 2.00 bits per heavy atom. The third kappa shape index (κ3) is 2.36. The highest BCUT2D eigenvalue weighted by Crippen LogP contribution is 2.31. The highest BCUT2D eigenvalue weighted by atomic mass is 15.4. The zero-order valence-electron chi connectivity index (χ0n) is 10.2. The van der Waals surface area contributed by atoms with Gasteiger partial charge in [0, 0.05) is 17.8 Å². The molecule has 3 nitrogen and oxygen atoms in total. The number of nitrogens with one attached hydrogen (secondary N) is 2. The van der Waals surface area contributed by atoms with Gasteiger partial charge in [-0.05, 0) is 29.5 Å². The monoisotopic (exact) mass is 219 g/mol. The molecule has 1 aliphatic heterocycles. The van der Waals surface area contributed by atoms with Gasteiger partial charge >= 0.3 is 0 Å². The minimum atomic E-state index is 0.280. The maximum atomic E-state index is 5.80. The first-order chi connectivity index (χ1) is 7.47. The van der Waals surface area contributed by atoms with Crippen LogP contribution in [0, 0.1) is 5.41 Å². The Kier molecular flexibility index (Phi) is 2.91. The first-order valence-corrected chi connectivity index (χ1v) is 5.83. The number of nitrogen functional groups attached to an aromatic ring is 1. The molecule has 2 atom stereocenters. The maximum Gasteiger partial charge on any atom is 0.0478 e. The normalized spacial score (nSPS) is 25.9. The molecular formula is C13H21N3. The molecule has 88 valence electrons. The summed E-state index contributed by atoms with van der Waals surface area (Å²) in [5.41, 5.74) is 14.9. The van der Waals surface area contributed by atoms with Crippen LogP contribution in [0.25, 0.3) is 0 Å². The summed E-state index contributed by atoms with van der Waals surface area (Å²) < 4.78 is 0. The van der Waals surface area contributed by atoms with Crippen molar-refractivity contribution >= 4 is 5.69 Å². The van der Waals surface area contributed by atoms with Crippen molar-refractivity contribution in [2.24, 2.45) is 5.41 Å². The van der Waals surface area contributed by atoms with Crippen LogP contribution in [-0.2, 0) is 0 Å². The molecule has 0 radical (unpaired) electrons. The van der Waals surface area contributed by atoms with Crippen molar-refractivity contribution in [3.63, 3.8) is 0 Å². The fourth-order valence-electron chi connectivity index (χ4n) is 2.12. The lowest BCUT2D eigenvalue weighted by Gasteiger charge is -2.26. The second kappa shape index (κ2) is 4.07. The van der Waals surface area contributed by atoms with Crippen LogP contribution in [0.5, 0.6) is 0 Å². The minimum Gasteiger partial charge on any atom is -0.399 e. The molecule has 0 spiro atoms. The number of hydrogen-bond donors (Lipinski definition) is 3. The van der Waals surface area contributed by atoms with Crippen LogP contribution in [0.15, 0.2) is 24.3 Å². The van der Waals surface area contributed by atoms with Gasteiger partial charge in [-0.2, -0.15) is 0 Å². The van der Waals surface area contributed by atoms with E-state index in [1.165, 1.54) is 5.56 Å². The zero-order chi connectivity index (χ0) is 11.8. The van der Waals surface area contributed by atoms with Crippen molar-refractivity contribution in [3.05, 3.63) is 29.8 Å². The molecule has 3 heteroatoms. The van der Waals surface area contributed by atoms with Crippen LogP contribution in [0.1, 0.15) is 38.8 Å². The molecule has 0 bridgehead atoms. The summed E-state index contributed by atoms with van der Waals surface area (Å²) in [5.74, 6) is 0. The van der Waals surface area contributed by atoms with Gasteiger partial charge in [0.25, 0.3) is 0 Å². The van der Waals surface area contributed by atoms with Crippen LogP contribution in [-0.4, -0.2) is 6.04 Å². The highest BCUT2D eigenvalue weighted by Gasteiger charge is 2.33. The topological polar surface area (TPSA) is 50.1 Å². The van der Waals surface area contributed by atoms with E-state index in [0.29, 0.717) is 12.1 Å². The number of anilines is 1. The van der Waals surface area contributed by atoms with Crippen LogP contribution in [0.4, 0.5) is 5.69 Å². The van der Waals surface area contributed by atoms with Crippen molar-refractivity contribution in [1.82, 2.24) is 10.9 Å². The summed E-state index contributed by atoms with van der Waals surface area (Å²) in [6, 6.07) is 8.97. The van der Waals surface area contributed by atoms with Crippen molar-refractivity contribution in [2.45, 2.75) is 39.3 Å². The predicted octanol–water partition coefficient (Wildman–Crippen LogP) is 2.22. The molecule has 0 saturated carbocycles. The summed E-state index contributed by atoms with van der Waals surface area (Å²) in [7, 11) is 0. The van der Waals surface area contributed by atoms with Gasteiger partial charge in [-0.3, -0.25) is 5.43 Å². The summed E-state index contributed by atoms with van der Waals surface area (Å²) in [4.78, 5) is 0. The Hall–Kier alpha value is -1.06. The molecule has 0 amide bonds. The lowest BCUT2D eigenvalue weighted by atomic mass is 9.84. The van der Waals surface area contributed by atoms with E-state index in [9.17, 15) is 0 Å². The molecule has 1 aliphatic rings. The zero-order valence-corrected chi connectivity index (χ0v) is 10.2. The standard InChI is InChI=1S/C13H21N3/c1-13(2,3)12-8-11(15-16-12)9-5-4-6-10(14)7-9/h4-7,11-12,15-16H,8,14H2,1-3H3. The first kappa shape index (κ1) is 11.4. The Labute approximate surface area is 97.4 Å². The fourth-order valence-corrected chi connectivity index (χ4v) is 2.12. The molecule has 16 heavy (non-hydrogen) atoms. The van der Waals surface area contributed by atoms with Gasteiger partial charge in [-0.1, -0.05) is 32.9 Å². The second-order valence-corrected chi connectivity index (χ2v) is 5.67. The summed E-state index contributed by atoms with van der Waals surface area (Å²) in [6.07, 6.45) is 1.10. The molecule has 2 unspecified atom stereocenters. The van der Waals surface area contributed by atoms with E-state index in [1.54, 1.807) is 0 Å². The lowest BCUT2D eigenvalue weighted by Crippen LogP contribution is -2.39. The Morgan fingerprint density at radius 3 is 2.56 bits per heavy atom. The summed E-state index contributed by atoms with van der Waals surface area (Å²) in [6.45, 7) is 6.77. The minimum absolute atomic E-state index is 0.280. The van der Waals surface area contributed by atoms with Crippen LogP contribution in [0.2, 0.25) is 0 Å². The quantitative estimate of drug-likeness (QED) is 0.635. The van der Waals surface area contributed by atoms with E-state index in [0.717, 1.165) is 12.1 Å². The molecule has 1 aromatic carbocycles. The van der Waals surface area contributed by atoms with Gasteiger partial charge in [0.2, 0.25) is 0 Å². The van der Waals surface area contributed by atoms with Gasteiger partial charge in [0.15, 0.2) is 0 Å². The SMILES string of the molecule is CC(C)(C)C1CC(c2cccc(N)c2)NN1. The molecule has 0 aliphatic carbocycles. The second-order valence-electron chi connectivity index (χ2n) is 5.67. The highest BCUT2D eigenvalue weighted by molar-refractivity contribution is 5.41. The van der Waals surface area contributed by atoms with Gasteiger partial charge < -0.3 is 5.73 Å². The third-order valence-electron chi connectivity index (χ3n) is 3.26. The van der Waals surface area contributed by atoms with Crippen LogP contribution >= 0.6 is 0 Å². The average molecular weight is 219 g/mol. The Bertz CT molecular complexity index is 368. The van der Waals surface area contributed by atoms with E-state index in [-0.39, 0.29) is 5.41 Å². The molecular weight excluding hydrogens is 198 g/mol. The van der Waals surface area contributed by atoms with Crippen molar-refractivity contribution in [2.75, 3.05) is 5.73 Å². The summed E-state index contributed by atoms with van der Waals surface area (Å²) >= 11 is 0. The van der Waals surface area contributed by atoms with Crippen LogP contribution in [0.3, 0.4) is 0 Å². The average Bonchev–Trinajstić information content (AvgIpc) is 2.65. The summed E-state index contributed by atoms with van der Waals surface area (Å²) in [5, 5.41) is 0. The molecule has 1 heterocycles. The number of benzene rings is 1. The lowest BCUT2D eigenvalue weighted by molar-refractivity contribution is 0.286. The van der Waals surface area contributed by atoms with E-state index in [2.05, 4.69) is 37.7 Å². The smallest absolute Gasteiger partial charge is 0.0478 e. The van der Waals surface area contributed by atoms with Gasteiger partial charge in [-0.25, -0.2) is 5.43 Å². The van der Waals surface area contributed by atoms with Gasteiger partial charge in [-0.15, -0.1) is 0 Å². The van der Waals surface area contributed by atoms with Crippen LogP contribution < -0.4 is 16.6 Å². The van der Waals surface area contributed by atoms with Gasteiger partial charge in [0.1, 0.15) is 0 Å². The van der Waals surface area contributed by atoms with Gasteiger partial charge in [0.05, 0.1) is 0 Å². The fraction of sp³-hybridized carbons (Fsp3) is 0.538. The number of hydrazine groups is 1. The molecule has 1 saturated heterocycles. The number of hydrogen-bond acceptors (Lipinski definition) is 3. The molecule has 1 aromatic rings. The van der Waals surface area contributed by atoms with Crippen molar-refractivity contribution < 1.29 is 0 Å². The molecule has 4 N–H and O–H groups in total. The number of rotatable bonds is 1. The predicted molar refractivity (Wildman–Crippen MR) is 67.7 cm³/mol. The molecule has 2 rings (SSSR count). The Morgan fingerprint density at radius 1 is 1.25 bits per heavy atom. The molecule has 0 aromatic heterocycles. The largest absolute Gasteiger partial charge is 0.399 e. The van der Waals surface area contributed by atoms with E-state index in [4.69, 9.17) is 5.73 Å². The molecule has 1 fully saturated rings. The number of nitrogens with two attached hydrogens (primary N) is 1. The van der Waals surface area contributed by atoms with Crippen molar-refractivity contribution in [3.8, 4) is 0 Å². The first-order valence-electron chi connectivity index (χ1n) is 5.83.